The lowest BCUT2D eigenvalue weighted by atomic mass is 9.99. The van der Waals surface area contributed by atoms with Crippen molar-refractivity contribution in [3.05, 3.63) is 29.6 Å². The third-order valence-electron chi connectivity index (χ3n) is 2.80. The van der Waals surface area contributed by atoms with E-state index in [1.54, 1.807) is 6.07 Å². The van der Waals surface area contributed by atoms with Crippen LogP contribution >= 0.6 is 0 Å². The van der Waals surface area contributed by atoms with Crippen LogP contribution in [-0.2, 0) is 6.42 Å². The predicted molar refractivity (Wildman–Crippen MR) is 56.8 cm³/mol. The molecular formula is C12H15FO3. The van der Waals surface area contributed by atoms with Gasteiger partial charge in [0.05, 0.1) is 12.7 Å². The minimum atomic E-state index is -0.744. The molecule has 3 nitrogen and oxygen atoms in total. The van der Waals surface area contributed by atoms with Gasteiger partial charge in [0.1, 0.15) is 17.7 Å². The van der Waals surface area contributed by atoms with Crippen LogP contribution < -0.4 is 4.74 Å². The first-order valence-electron chi connectivity index (χ1n) is 5.43. The van der Waals surface area contributed by atoms with Crippen molar-refractivity contribution in [1.29, 1.82) is 0 Å². The van der Waals surface area contributed by atoms with Crippen LogP contribution in [0.4, 0.5) is 4.39 Å². The Kier molecular flexibility index (Phi) is 3.41. The molecule has 0 spiro atoms. The van der Waals surface area contributed by atoms with Crippen LogP contribution in [0.2, 0.25) is 0 Å². The Morgan fingerprint density at radius 2 is 2.31 bits per heavy atom. The molecule has 1 aromatic carbocycles. The maximum absolute atomic E-state index is 12.9. The Morgan fingerprint density at radius 1 is 1.50 bits per heavy atom. The van der Waals surface area contributed by atoms with Gasteiger partial charge in [0, 0.05) is 6.42 Å². The topological polar surface area (TPSA) is 49.7 Å². The van der Waals surface area contributed by atoms with Crippen LogP contribution in [0.1, 0.15) is 18.4 Å². The van der Waals surface area contributed by atoms with Gasteiger partial charge in [-0.25, -0.2) is 4.39 Å². The van der Waals surface area contributed by atoms with Crippen molar-refractivity contribution < 1.29 is 19.3 Å². The zero-order chi connectivity index (χ0) is 11.5. The first-order valence-corrected chi connectivity index (χ1v) is 5.43. The molecule has 0 saturated carbocycles. The normalized spacial score (nSPS) is 21.1. The van der Waals surface area contributed by atoms with Gasteiger partial charge >= 0.3 is 0 Å². The fourth-order valence-electron chi connectivity index (χ4n) is 1.96. The van der Waals surface area contributed by atoms with E-state index < -0.39 is 6.10 Å². The molecule has 2 atom stereocenters. The summed E-state index contributed by atoms with van der Waals surface area (Å²) in [6, 6.07) is 4.46. The van der Waals surface area contributed by atoms with Gasteiger partial charge in [0.15, 0.2) is 0 Å². The summed E-state index contributed by atoms with van der Waals surface area (Å²) in [5, 5.41) is 18.1. The summed E-state index contributed by atoms with van der Waals surface area (Å²) in [7, 11) is 0. The highest BCUT2D eigenvalue weighted by molar-refractivity contribution is 5.35. The first kappa shape index (κ1) is 11.4. The van der Waals surface area contributed by atoms with Crippen LogP contribution in [0.25, 0.3) is 0 Å². The van der Waals surface area contributed by atoms with Crippen molar-refractivity contribution in [2.24, 2.45) is 0 Å². The summed E-state index contributed by atoms with van der Waals surface area (Å²) in [5.74, 6) is 0.430. The van der Waals surface area contributed by atoms with Crippen molar-refractivity contribution in [2.45, 2.75) is 31.5 Å². The van der Waals surface area contributed by atoms with Gasteiger partial charge in [-0.3, -0.25) is 0 Å². The molecular weight excluding hydrogens is 211 g/mol. The smallest absolute Gasteiger partial charge is 0.123 e. The lowest BCUT2D eigenvalue weighted by Crippen LogP contribution is -2.29. The third kappa shape index (κ3) is 2.51. The average Bonchev–Trinajstić information content (AvgIpc) is 2.29. The minimum absolute atomic E-state index is 0.0971. The highest BCUT2D eigenvalue weighted by atomic mass is 19.1. The molecule has 1 aliphatic heterocycles. The molecule has 0 bridgehead atoms. The van der Waals surface area contributed by atoms with E-state index >= 15 is 0 Å². The number of fused-ring (bicyclic) bond motifs is 1. The Morgan fingerprint density at radius 3 is 3.06 bits per heavy atom. The number of aliphatic hydroxyl groups is 2. The maximum Gasteiger partial charge on any atom is 0.123 e. The molecule has 1 aromatic rings. The van der Waals surface area contributed by atoms with Gasteiger partial charge in [0.25, 0.3) is 0 Å². The number of aryl methyl sites for hydroxylation is 1. The van der Waals surface area contributed by atoms with Crippen molar-refractivity contribution in [3.8, 4) is 5.75 Å². The Bertz CT molecular complexity index is 367. The van der Waals surface area contributed by atoms with Crippen molar-refractivity contribution in [3.63, 3.8) is 0 Å². The molecule has 4 heteroatoms. The zero-order valence-corrected chi connectivity index (χ0v) is 8.90. The van der Waals surface area contributed by atoms with E-state index in [0.717, 1.165) is 18.4 Å². The van der Waals surface area contributed by atoms with E-state index in [9.17, 15) is 9.50 Å². The van der Waals surface area contributed by atoms with Gasteiger partial charge in [-0.2, -0.15) is 0 Å². The molecule has 0 aliphatic carbocycles. The molecule has 88 valence electrons. The molecule has 0 radical (unpaired) electrons. The molecule has 2 N–H and O–H groups in total. The summed E-state index contributed by atoms with van der Waals surface area (Å²) in [6.07, 6.45) is 1.06. The molecule has 1 heterocycles. The largest absolute Gasteiger partial charge is 0.490 e. The fraction of sp³-hybridized carbons (Fsp3) is 0.500. The maximum atomic E-state index is 12.9. The second-order valence-electron chi connectivity index (χ2n) is 4.10. The highest BCUT2D eigenvalue weighted by Crippen LogP contribution is 2.29. The van der Waals surface area contributed by atoms with Crippen LogP contribution in [0.3, 0.4) is 0 Å². The van der Waals surface area contributed by atoms with Crippen molar-refractivity contribution in [1.82, 2.24) is 0 Å². The number of rotatable bonds is 3. The monoisotopic (exact) mass is 226 g/mol. The second-order valence-corrected chi connectivity index (χ2v) is 4.10. The van der Waals surface area contributed by atoms with E-state index in [2.05, 4.69) is 0 Å². The van der Waals surface area contributed by atoms with Crippen LogP contribution in [-0.4, -0.2) is 29.0 Å². The number of halogens is 1. The second kappa shape index (κ2) is 4.80. The fourth-order valence-corrected chi connectivity index (χ4v) is 1.96. The van der Waals surface area contributed by atoms with Gasteiger partial charge in [-0.05, 0) is 36.6 Å². The average molecular weight is 226 g/mol. The molecule has 2 rings (SSSR count). The van der Waals surface area contributed by atoms with E-state index in [0.29, 0.717) is 12.2 Å². The van der Waals surface area contributed by atoms with E-state index in [1.165, 1.54) is 12.1 Å². The van der Waals surface area contributed by atoms with Crippen molar-refractivity contribution >= 4 is 0 Å². The van der Waals surface area contributed by atoms with Crippen LogP contribution in [0.5, 0.6) is 5.75 Å². The van der Waals surface area contributed by atoms with Crippen molar-refractivity contribution in [2.75, 3.05) is 6.61 Å². The number of aliphatic hydroxyl groups excluding tert-OH is 2. The molecule has 0 unspecified atom stereocenters. The van der Waals surface area contributed by atoms with Gasteiger partial charge in [-0.15, -0.1) is 0 Å². The molecule has 0 fully saturated rings. The van der Waals surface area contributed by atoms with E-state index in [1.807, 2.05) is 0 Å². The summed E-state index contributed by atoms with van der Waals surface area (Å²) in [4.78, 5) is 0. The number of benzene rings is 1. The number of ether oxygens (including phenoxy) is 1. The summed E-state index contributed by atoms with van der Waals surface area (Å²) < 4.78 is 18.5. The molecule has 0 aromatic heterocycles. The van der Waals surface area contributed by atoms with Gasteiger partial charge in [-0.1, -0.05) is 0 Å². The number of hydrogen-bond acceptors (Lipinski definition) is 3. The Labute approximate surface area is 93.5 Å². The molecule has 0 saturated heterocycles. The zero-order valence-electron chi connectivity index (χ0n) is 8.90. The summed E-state index contributed by atoms with van der Waals surface area (Å²) >= 11 is 0. The summed E-state index contributed by atoms with van der Waals surface area (Å²) in [5.41, 5.74) is 0.870. The first-order chi connectivity index (χ1) is 7.69. The lowest BCUT2D eigenvalue weighted by Gasteiger charge is -2.27. The third-order valence-corrected chi connectivity index (χ3v) is 2.80. The summed E-state index contributed by atoms with van der Waals surface area (Å²) in [6.45, 7) is -0.254. The Balaban J connectivity index is 2.03. The van der Waals surface area contributed by atoms with Gasteiger partial charge < -0.3 is 14.9 Å². The SMILES string of the molecule is OC[C@@H](O)C[C@H]1CCc2cc(F)ccc2O1. The quantitative estimate of drug-likeness (QED) is 0.815. The molecule has 0 amide bonds. The minimum Gasteiger partial charge on any atom is -0.490 e. The van der Waals surface area contributed by atoms with E-state index in [4.69, 9.17) is 9.84 Å². The Hall–Kier alpha value is -1.13. The molecule has 16 heavy (non-hydrogen) atoms. The van der Waals surface area contributed by atoms with Gasteiger partial charge in [0.2, 0.25) is 0 Å². The van der Waals surface area contributed by atoms with Crippen LogP contribution in [0, 0.1) is 5.82 Å². The number of hydrogen-bond donors (Lipinski definition) is 2. The highest BCUT2D eigenvalue weighted by Gasteiger charge is 2.22. The van der Waals surface area contributed by atoms with Crippen LogP contribution in [0.15, 0.2) is 18.2 Å². The lowest BCUT2D eigenvalue weighted by molar-refractivity contribution is 0.0436. The molecule has 1 aliphatic rings. The standard InChI is InChI=1S/C12H15FO3/c13-9-2-4-12-8(5-9)1-3-11(16-12)6-10(15)7-14/h2,4-5,10-11,14-15H,1,3,6-7H2/t10-,11+/m0/s1. The predicted octanol–water partition coefficient (Wildman–Crippen LogP) is 1.26. The van der Waals surface area contributed by atoms with E-state index in [-0.39, 0.29) is 18.5 Å².